The normalized spacial score (nSPS) is 26.3. The van der Waals surface area contributed by atoms with E-state index in [4.69, 9.17) is 0 Å². The van der Waals surface area contributed by atoms with Crippen molar-refractivity contribution in [2.75, 3.05) is 6.54 Å². The van der Waals surface area contributed by atoms with Crippen LogP contribution in [0.3, 0.4) is 0 Å². The first-order valence-corrected chi connectivity index (χ1v) is 9.40. The second-order valence-electron chi connectivity index (χ2n) is 7.65. The van der Waals surface area contributed by atoms with Crippen LogP contribution in [0.1, 0.15) is 50.8 Å². The number of hydrogen-bond donors (Lipinski definition) is 2. The van der Waals surface area contributed by atoms with Crippen LogP contribution in [0, 0.1) is 5.92 Å². The highest BCUT2D eigenvalue weighted by Gasteiger charge is 2.47. The van der Waals surface area contributed by atoms with Gasteiger partial charge in [-0.1, -0.05) is 6.42 Å². The molecule has 1 fully saturated rings. The summed E-state index contributed by atoms with van der Waals surface area (Å²) in [5, 5.41) is 17.1. The molecule has 1 aromatic rings. The fraction of sp³-hybridized carbons (Fsp3) is 0.824. The number of hydrogen-bond acceptors (Lipinski definition) is 4. The molecule has 0 spiro atoms. The van der Waals surface area contributed by atoms with Gasteiger partial charge in [-0.15, -0.1) is 0 Å². The molecule has 2 N–H and O–H groups in total. The fourth-order valence-electron chi connectivity index (χ4n) is 3.96. The van der Waals surface area contributed by atoms with Crippen LogP contribution in [0.2, 0.25) is 0 Å². The molecular formula is C17H25F3N4O3. The van der Waals surface area contributed by atoms with Gasteiger partial charge in [-0.2, -0.15) is 18.3 Å². The molecule has 0 radical (unpaired) electrons. The minimum atomic E-state index is -4.35. The summed E-state index contributed by atoms with van der Waals surface area (Å²) in [6, 6.07) is 0. The predicted octanol–water partition coefficient (Wildman–Crippen LogP) is 1.37. The lowest BCUT2D eigenvalue weighted by Gasteiger charge is -2.37. The number of alkyl halides is 3. The third-order valence-electron chi connectivity index (χ3n) is 5.47. The Morgan fingerprint density at radius 2 is 2.07 bits per heavy atom. The monoisotopic (exact) mass is 390 g/mol. The first kappa shape index (κ1) is 19.9. The van der Waals surface area contributed by atoms with Gasteiger partial charge in [-0.25, -0.2) is 9.48 Å². The summed E-state index contributed by atoms with van der Waals surface area (Å²) in [6.45, 7) is 0.00666. The van der Waals surface area contributed by atoms with E-state index in [9.17, 15) is 27.9 Å². The number of rotatable bonds is 4. The first-order valence-electron chi connectivity index (χ1n) is 9.40. The van der Waals surface area contributed by atoms with Gasteiger partial charge in [0, 0.05) is 19.5 Å². The van der Waals surface area contributed by atoms with Gasteiger partial charge in [0.2, 0.25) is 5.91 Å². The molecule has 2 heterocycles. The van der Waals surface area contributed by atoms with Crippen molar-refractivity contribution in [2.45, 2.75) is 76.2 Å². The number of halogens is 3. The Morgan fingerprint density at radius 3 is 2.81 bits per heavy atom. The molecule has 152 valence electrons. The zero-order valence-electron chi connectivity index (χ0n) is 15.1. The van der Waals surface area contributed by atoms with Crippen molar-refractivity contribution in [1.29, 1.82) is 0 Å². The van der Waals surface area contributed by atoms with E-state index in [1.54, 1.807) is 4.57 Å². The van der Waals surface area contributed by atoms with Gasteiger partial charge >= 0.3 is 11.9 Å². The zero-order chi connectivity index (χ0) is 19.7. The highest BCUT2D eigenvalue weighted by atomic mass is 19.4. The maximum Gasteiger partial charge on any atom is 0.391 e. The van der Waals surface area contributed by atoms with Gasteiger partial charge in [0.05, 0.1) is 11.5 Å². The Kier molecular flexibility index (Phi) is 5.64. The molecule has 0 unspecified atom stereocenters. The molecule has 2 atom stereocenters. The van der Waals surface area contributed by atoms with Crippen LogP contribution in [0.25, 0.3) is 0 Å². The number of carbonyl (C=O) groups is 1. The van der Waals surface area contributed by atoms with E-state index in [-0.39, 0.29) is 38.0 Å². The van der Waals surface area contributed by atoms with E-state index in [1.807, 2.05) is 0 Å². The summed E-state index contributed by atoms with van der Waals surface area (Å²) in [4.78, 5) is 24.5. The van der Waals surface area contributed by atoms with Crippen molar-refractivity contribution in [2.24, 2.45) is 5.92 Å². The van der Waals surface area contributed by atoms with Crippen molar-refractivity contribution in [1.82, 2.24) is 19.7 Å². The van der Waals surface area contributed by atoms with E-state index >= 15 is 0 Å². The number of aliphatic hydroxyl groups is 1. The standard InChI is InChI=1S/C17H25F3N4O3/c18-17(19,20)12-5-4-7-16(27,9-12)11-21-14(25)10-24-15(26)23-8-3-1-2-6-13(23)22-24/h12,27H,1-11H2,(H,21,25)/t12-,16+/m0/s1. The van der Waals surface area contributed by atoms with E-state index in [1.165, 1.54) is 0 Å². The number of nitrogens with zero attached hydrogens (tertiary/aromatic N) is 3. The molecule has 7 nitrogen and oxygen atoms in total. The van der Waals surface area contributed by atoms with E-state index in [0.29, 0.717) is 18.8 Å². The minimum absolute atomic E-state index is 0.00460. The van der Waals surface area contributed by atoms with Crippen molar-refractivity contribution < 1.29 is 23.1 Å². The third kappa shape index (κ3) is 4.72. The van der Waals surface area contributed by atoms with E-state index < -0.39 is 30.0 Å². The maximum atomic E-state index is 12.9. The van der Waals surface area contributed by atoms with Gasteiger partial charge in [0.25, 0.3) is 0 Å². The molecular weight excluding hydrogens is 365 g/mol. The second kappa shape index (κ2) is 7.65. The number of aromatic nitrogens is 3. The van der Waals surface area contributed by atoms with Gasteiger partial charge in [-0.3, -0.25) is 9.36 Å². The zero-order valence-corrected chi connectivity index (χ0v) is 15.1. The lowest BCUT2D eigenvalue weighted by Crippen LogP contribution is -2.49. The lowest BCUT2D eigenvalue weighted by molar-refractivity contribution is -0.199. The highest BCUT2D eigenvalue weighted by molar-refractivity contribution is 5.75. The maximum absolute atomic E-state index is 12.9. The van der Waals surface area contributed by atoms with Crippen LogP contribution in [0.5, 0.6) is 0 Å². The molecule has 1 aliphatic heterocycles. The predicted molar refractivity (Wildman–Crippen MR) is 90.0 cm³/mol. The van der Waals surface area contributed by atoms with Gasteiger partial charge in [-0.05, 0) is 38.5 Å². The van der Waals surface area contributed by atoms with E-state index in [2.05, 4.69) is 10.4 Å². The Labute approximate surface area is 154 Å². The molecule has 27 heavy (non-hydrogen) atoms. The second-order valence-corrected chi connectivity index (χ2v) is 7.65. The fourth-order valence-corrected chi connectivity index (χ4v) is 3.96. The molecule has 0 aromatic carbocycles. The molecule has 10 heteroatoms. The smallest absolute Gasteiger partial charge is 0.388 e. The molecule has 0 saturated heterocycles. The number of aryl methyl sites for hydroxylation is 1. The van der Waals surface area contributed by atoms with Crippen LogP contribution >= 0.6 is 0 Å². The Morgan fingerprint density at radius 1 is 1.30 bits per heavy atom. The molecule has 3 rings (SSSR count). The third-order valence-corrected chi connectivity index (χ3v) is 5.47. The number of amides is 1. The van der Waals surface area contributed by atoms with Gasteiger partial charge in [0.1, 0.15) is 12.4 Å². The lowest BCUT2D eigenvalue weighted by atomic mass is 9.77. The summed E-state index contributed by atoms with van der Waals surface area (Å²) in [5.41, 5.74) is -1.93. The summed E-state index contributed by atoms with van der Waals surface area (Å²) >= 11 is 0. The van der Waals surface area contributed by atoms with Crippen LogP contribution in [0.4, 0.5) is 13.2 Å². The van der Waals surface area contributed by atoms with Crippen LogP contribution in [-0.2, 0) is 24.3 Å². The quantitative estimate of drug-likeness (QED) is 0.813. The van der Waals surface area contributed by atoms with Crippen molar-refractivity contribution in [3.8, 4) is 0 Å². The topological polar surface area (TPSA) is 89.2 Å². The van der Waals surface area contributed by atoms with Crippen LogP contribution < -0.4 is 11.0 Å². The SMILES string of the molecule is O=C(Cn1nc2n(c1=O)CCCCC2)NC[C@@]1(O)CCC[C@H](C(F)(F)F)C1. The van der Waals surface area contributed by atoms with Crippen LogP contribution in [0.15, 0.2) is 4.79 Å². The van der Waals surface area contributed by atoms with Gasteiger partial charge in [0.15, 0.2) is 0 Å². The Balaban J connectivity index is 1.58. The van der Waals surface area contributed by atoms with Gasteiger partial charge < -0.3 is 10.4 Å². The van der Waals surface area contributed by atoms with Crippen LogP contribution in [-0.4, -0.2) is 43.7 Å². The average molecular weight is 390 g/mol. The van der Waals surface area contributed by atoms with Crippen molar-refractivity contribution in [3.63, 3.8) is 0 Å². The largest absolute Gasteiger partial charge is 0.391 e. The molecule has 1 aliphatic carbocycles. The Bertz CT molecular complexity index is 743. The molecule has 1 aromatic heterocycles. The van der Waals surface area contributed by atoms with E-state index in [0.717, 1.165) is 23.9 Å². The number of fused-ring (bicyclic) bond motifs is 1. The number of nitrogens with one attached hydrogen (secondary N) is 1. The summed E-state index contributed by atoms with van der Waals surface area (Å²) in [5.74, 6) is -1.45. The summed E-state index contributed by atoms with van der Waals surface area (Å²) < 4.78 is 41.4. The Hall–Kier alpha value is -1.84. The minimum Gasteiger partial charge on any atom is -0.388 e. The molecule has 1 amide bonds. The first-order chi connectivity index (χ1) is 12.7. The average Bonchev–Trinajstić information content (AvgIpc) is 2.76. The molecule has 1 saturated carbocycles. The molecule has 0 bridgehead atoms. The number of carbonyl (C=O) groups excluding carboxylic acids is 1. The molecule has 2 aliphatic rings. The highest BCUT2D eigenvalue weighted by Crippen LogP contribution is 2.41. The summed E-state index contributed by atoms with van der Waals surface area (Å²) in [7, 11) is 0. The summed E-state index contributed by atoms with van der Waals surface area (Å²) in [6.07, 6.45) is -0.773. The van der Waals surface area contributed by atoms with Crippen molar-refractivity contribution >= 4 is 5.91 Å². The van der Waals surface area contributed by atoms with Crippen molar-refractivity contribution in [3.05, 3.63) is 16.3 Å².